The van der Waals surface area contributed by atoms with Gasteiger partial charge in [0, 0.05) is 35.0 Å². The van der Waals surface area contributed by atoms with Gasteiger partial charge in [0.25, 0.3) is 5.69 Å². The third kappa shape index (κ3) is 5.05. The molecule has 0 radical (unpaired) electrons. The second-order valence-corrected chi connectivity index (χ2v) is 9.03. The van der Waals surface area contributed by atoms with Crippen molar-refractivity contribution in [1.82, 2.24) is 15.0 Å². The number of nitrogens with two attached hydrogens (primary N) is 1. The van der Waals surface area contributed by atoms with E-state index < -0.39 is 4.92 Å². The number of H-pyrrole nitrogens is 2. The summed E-state index contributed by atoms with van der Waals surface area (Å²) in [4.78, 5) is 26.6. The molecule has 0 unspecified atom stereocenters. The molecule has 192 valence electrons. The first kappa shape index (κ1) is 24.9. The lowest BCUT2D eigenvalue weighted by molar-refractivity contribution is -0.384. The number of nitro groups is 1. The van der Waals surface area contributed by atoms with Crippen molar-refractivity contribution < 1.29 is 10.0 Å². The number of aromatic amines is 2. The van der Waals surface area contributed by atoms with Gasteiger partial charge in [-0.05, 0) is 48.7 Å². The topological polar surface area (TPSA) is 146 Å². The van der Waals surface area contributed by atoms with Gasteiger partial charge in [0.1, 0.15) is 5.82 Å². The molecule has 0 saturated carbocycles. The molecule has 0 aliphatic carbocycles. The highest BCUT2D eigenvalue weighted by molar-refractivity contribution is 6.22. The predicted molar refractivity (Wildman–Crippen MR) is 149 cm³/mol. The van der Waals surface area contributed by atoms with Gasteiger partial charge in [-0.25, -0.2) is 9.98 Å². The number of aromatic nitrogens is 3. The number of hydrogen-bond donors (Lipinski definition) is 4. The number of nitro benzene ring substituents is 1. The van der Waals surface area contributed by atoms with Crippen LogP contribution in [-0.2, 0) is 12.8 Å². The fourth-order valence-electron chi connectivity index (χ4n) is 4.45. The predicted octanol–water partition coefficient (Wildman–Crippen LogP) is 5.79. The average molecular weight is 509 g/mol. The smallest absolute Gasteiger partial charge is 0.270 e. The molecule has 0 bridgehead atoms. The van der Waals surface area contributed by atoms with Crippen molar-refractivity contribution in [3.63, 3.8) is 0 Å². The van der Waals surface area contributed by atoms with Gasteiger partial charge in [-0.3, -0.25) is 10.1 Å². The lowest BCUT2D eigenvalue weighted by atomic mass is 9.98. The normalized spacial score (nSPS) is 11.8. The third-order valence-corrected chi connectivity index (χ3v) is 6.49. The van der Waals surface area contributed by atoms with E-state index in [9.17, 15) is 15.2 Å². The van der Waals surface area contributed by atoms with Crippen molar-refractivity contribution in [2.24, 2.45) is 10.7 Å². The van der Waals surface area contributed by atoms with E-state index in [-0.39, 0.29) is 11.6 Å². The molecular formula is C29H28N6O3. The number of nitrogens with one attached hydrogen (secondary N) is 2. The maximum Gasteiger partial charge on any atom is 0.270 e. The van der Waals surface area contributed by atoms with Crippen LogP contribution in [0.3, 0.4) is 0 Å². The van der Waals surface area contributed by atoms with Crippen molar-refractivity contribution in [2.45, 2.75) is 26.2 Å². The van der Waals surface area contributed by atoms with Gasteiger partial charge in [0.2, 0.25) is 0 Å². The number of imidazole rings is 1. The molecule has 0 atom stereocenters. The number of hydrogen-bond acceptors (Lipinski definition) is 6. The Hall–Kier alpha value is -4.76. The van der Waals surface area contributed by atoms with E-state index >= 15 is 0 Å². The van der Waals surface area contributed by atoms with E-state index in [0.29, 0.717) is 34.4 Å². The highest BCUT2D eigenvalue weighted by Crippen LogP contribution is 2.34. The van der Waals surface area contributed by atoms with Crippen LogP contribution >= 0.6 is 0 Å². The van der Waals surface area contributed by atoms with E-state index in [2.05, 4.69) is 15.0 Å². The Labute approximate surface area is 219 Å². The Kier molecular flexibility index (Phi) is 7.01. The largest absolute Gasteiger partial charge is 0.494 e. The summed E-state index contributed by atoms with van der Waals surface area (Å²) in [6, 6.07) is 20.1. The molecular weight excluding hydrogens is 480 g/mol. The fraction of sp³-hybridized carbons (Fsp3) is 0.172. The third-order valence-electron chi connectivity index (χ3n) is 6.49. The van der Waals surface area contributed by atoms with Gasteiger partial charge < -0.3 is 20.8 Å². The zero-order valence-corrected chi connectivity index (χ0v) is 20.9. The van der Waals surface area contributed by atoms with Crippen LogP contribution in [0.2, 0.25) is 0 Å². The highest BCUT2D eigenvalue weighted by Gasteiger charge is 2.21. The second-order valence-electron chi connectivity index (χ2n) is 9.03. The molecule has 0 aliphatic heterocycles. The van der Waals surface area contributed by atoms with Crippen molar-refractivity contribution in [2.75, 3.05) is 6.54 Å². The highest BCUT2D eigenvalue weighted by atomic mass is 16.6. The minimum atomic E-state index is -0.450. The summed E-state index contributed by atoms with van der Waals surface area (Å²) in [5.41, 5.74) is 11.6. The number of rotatable bonds is 9. The summed E-state index contributed by atoms with van der Waals surface area (Å²) < 4.78 is 0. The minimum absolute atomic E-state index is 0.0652. The first-order chi connectivity index (χ1) is 18.5. The molecule has 0 saturated heterocycles. The van der Waals surface area contributed by atoms with Crippen LogP contribution in [0.4, 0.5) is 11.4 Å². The molecule has 0 fully saturated rings. The van der Waals surface area contributed by atoms with E-state index in [4.69, 9.17) is 10.7 Å². The SMILES string of the molecule is CCc1ncc(-c2ccc(N=C(c3ccc(CCCN)cc3)c3c(O)[nH]c4ccc([N+](=O)[O-])cc34)cc2)[nH]1. The molecule has 0 amide bonds. The minimum Gasteiger partial charge on any atom is -0.494 e. The molecule has 9 nitrogen and oxygen atoms in total. The van der Waals surface area contributed by atoms with Crippen LogP contribution in [0.25, 0.3) is 22.2 Å². The van der Waals surface area contributed by atoms with Crippen LogP contribution in [-0.4, -0.2) is 37.2 Å². The number of nitrogens with zero attached hydrogens (tertiary/aromatic N) is 3. The molecule has 0 spiro atoms. The molecule has 2 heterocycles. The number of aliphatic imine (C=N–C) groups is 1. The van der Waals surface area contributed by atoms with Crippen LogP contribution < -0.4 is 5.73 Å². The Morgan fingerprint density at radius 3 is 2.50 bits per heavy atom. The van der Waals surface area contributed by atoms with Crippen LogP contribution in [0.5, 0.6) is 5.88 Å². The number of aryl methyl sites for hydroxylation is 2. The van der Waals surface area contributed by atoms with Gasteiger partial charge in [-0.15, -0.1) is 0 Å². The van der Waals surface area contributed by atoms with Crippen molar-refractivity contribution >= 4 is 28.0 Å². The summed E-state index contributed by atoms with van der Waals surface area (Å²) in [7, 11) is 0. The Balaban J connectivity index is 1.62. The molecule has 38 heavy (non-hydrogen) atoms. The van der Waals surface area contributed by atoms with Crippen LogP contribution in [0.1, 0.15) is 35.9 Å². The van der Waals surface area contributed by atoms with Crippen LogP contribution in [0, 0.1) is 10.1 Å². The van der Waals surface area contributed by atoms with Crippen molar-refractivity contribution in [3.05, 3.63) is 106 Å². The Morgan fingerprint density at radius 1 is 1.08 bits per heavy atom. The maximum absolute atomic E-state index is 11.5. The average Bonchev–Trinajstić information content (AvgIpc) is 3.55. The lowest BCUT2D eigenvalue weighted by Gasteiger charge is -2.10. The van der Waals surface area contributed by atoms with Gasteiger partial charge in [0.15, 0.2) is 5.88 Å². The molecule has 9 heteroatoms. The zero-order valence-electron chi connectivity index (χ0n) is 20.9. The summed E-state index contributed by atoms with van der Waals surface area (Å²) >= 11 is 0. The van der Waals surface area contributed by atoms with E-state index in [0.717, 1.165) is 47.5 Å². The Morgan fingerprint density at radius 2 is 1.84 bits per heavy atom. The van der Waals surface area contributed by atoms with Gasteiger partial charge in [0.05, 0.1) is 33.8 Å². The maximum atomic E-state index is 11.5. The zero-order chi connectivity index (χ0) is 26.6. The lowest BCUT2D eigenvalue weighted by Crippen LogP contribution is -2.04. The first-order valence-corrected chi connectivity index (χ1v) is 12.5. The van der Waals surface area contributed by atoms with Gasteiger partial charge in [-0.1, -0.05) is 43.3 Å². The first-order valence-electron chi connectivity index (χ1n) is 12.5. The quantitative estimate of drug-likeness (QED) is 0.113. The molecule has 5 N–H and O–H groups in total. The monoisotopic (exact) mass is 508 g/mol. The summed E-state index contributed by atoms with van der Waals surface area (Å²) in [6.07, 6.45) is 4.38. The summed E-state index contributed by atoms with van der Waals surface area (Å²) in [5.74, 6) is 0.816. The van der Waals surface area contributed by atoms with Crippen LogP contribution in [0.15, 0.2) is 77.9 Å². The number of aromatic hydroxyl groups is 1. The standard InChI is InChI=1S/C29H28N6O3/c1-2-26-31-17-25(33-26)19-9-11-21(12-10-19)32-28(20-7-5-18(6-8-20)4-3-15-30)27-23-16-22(35(37)38)13-14-24(23)34-29(27)36/h5-14,16-17,34,36H,2-4,15,30H2,1H3,(H,31,33). The molecule has 5 rings (SSSR count). The van der Waals surface area contributed by atoms with Crippen molar-refractivity contribution in [1.29, 1.82) is 0 Å². The van der Waals surface area contributed by atoms with E-state index in [1.165, 1.54) is 12.1 Å². The van der Waals surface area contributed by atoms with Gasteiger partial charge in [-0.2, -0.15) is 0 Å². The van der Waals surface area contributed by atoms with Gasteiger partial charge >= 0.3 is 0 Å². The fourth-order valence-corrected chi connectivity index (χ4v) is 4.45. The second kappa shape index (κ2) is 10.7. The Bertz CT molecular complexity index is 1610. The number of fused-ring (bicyclic) bond motifs is 1. The molecule has 0 aliphatic rings. The van der Waals surface area contributed by atoms with E-state index in [1.807, 2.05) is 61.7 Å². The van der Waals surface area contributed by atoms with Crippen molar-refractivity contribution in [3.8, 4) is 17.1 Å². The van der Waals surface area contributed by atoms with E-state index in [1.54, 1.807) is 6.07 Å². The molecule has 5 aromatic rings. The number of benzene rings is 3. The molecule has 2 aromatic heterocycles. The summed E-state index contributed by atoms with van der Waals surface area (Å²) in [5, 5.41) is 22.9. The number of non-ortho nitro benzene ring substituents is 1. The summed E-state index contributed by atoms with van der Waals surface area (Å²) in [6.45, 7) is 2.66. The molecule has 3 aromatic carbocycles.